The van der Waals surface area contributed by atoms with Crippen molar-refractivity contribution in [2.24, 2.45) is 5.92 Å². The quantitative estimate of drug-likeness (QED) is 0.173. The van der Waals surface area contributed by atoms with E-state index in [9.17, 15) is 27.9 Å². The van der Waals surface area contributed by atoms with Crippen LogP contribution in [0.2, 0.25) is 0 Å². The lowest BCUT2D eigenvalue weighted by Crippen LogP contribution is -2.50. The number of carbonyl (C=O) groups excluding carboxylic acids is 2. The summed E-state index contributed by atoms with van der Waals surface area (Å²) in [5.41, 5.74) is 7.03. The second kappa shape index (κ2) is 14.9. The van der Waals surface area contributed by atoms with Crippen LogP contribution in [0.5, 0.6) is 0 Å². The monoisotopic (exact) mass is 712 g/mol. The van der Waals surface area contributed by atoms with Crippen molar-refractivity contribution in [1.29, 1.82) is 0 Å². The Morgan fingerprint density at radius 3 is 2.42 bits per heavy atom. The van der Waals surface area contributed by atoms with E-state index in [1.807, 2.05) is 103 Å². The Morgan fingerprint density at radius 1 is 0.904 bits per heavy atom. The Kier molecular flexibility index (Phi) is 10.1. The van der Waals surface area contributed by atoms with Gasteiger partial charge in [-0.15, -0.1) is 0 Å². The van der Waals surface area contributed by atoms with Crippen LogP contribution in [0.25, 0.3) is 22.2 Å². The van der Waals surface area contributed by atoms with E-state index < -0.39 is 30.3 Å². The van der Waals surface area contributed by atoms with Crippen LogP contribution >= 0.6 is 0 Å². The summed E-state index contributed by atoms with van der Waals surface area (Å²) in [6.07, 6.45) is -3.93. The zero-order chi connectivity index (χ0) is 36.4. The van der Waals surface area contributed by atoms with E-state index in [-0.39, 0.29) is 44.2 Å². The number of benzene rings is 4. The first-order valence-corrected chi connectivity index (χ1v) is 17.3. The van der Waals surface area contributed by atoms with Gasteiger partial charge in [0, 0.05) is 24.6 Å². The third kappa shape index (κ3) is 7.45. The average molecular weight is 713 g/mol. The number of ether oxygens (including phenoxy) is 2. The van der Waals surface area contributed by atoms with Crippen LogP contribution in [0.4, 0.5) is 13.2 Å². The summed E-state index contributed by atoms with van der Waals surface area (Å²) in [5.74, 6) is -2.63. The summed E-state index contributed by atoms with van der Waals surface area (Å²) >= 11 is 0. The van der Waals surface area contributed by atoms with E-state index in [0.717, 1.165) is 44.4 Å². The normalized spacial score (nSPS) is 22.1. The maximum Gasteiger partial charge on any atom is 0.471 e. The predicted octanol–water partition coefficient (Wildman–Crippen LogP) is 6.86. The number of para-hydroxylation sites is 2. The van der Waals surface area contributed by atoms with Crippen molar-refractivity contribution in [3.8, 4) is 11.1 Å². The molecular weight excluding hydrogens is 673 g/mol. The van der Waals surface area contributed by atoms with Crippen LogP contribution in [0.15, 0.2) is 103 Å². The number of rotatable bonds is 9. The SMILES string of the molecule is CC1C(Cn2cnc3ccccc32)OC(c2cccc(-c3cccc(CNC(=O)C4CCCN4C(=O)C(F)(F)F)c3)c2)OC1c1ccc(CO)cc1. The summed E-state index contributed by atoms with van der Waals surface area (Å²) < 4.78 is 54.8. The minimum atomic E-state index is -5.03. The first-order valence-electron chi connectivity index (χ1n) is 17.3. The van der Waals surface area contributed by atoms with E-state index in [1.165, 1.54) is 0 Å². The lowest BCUT2D eigenvalue weighted by molar-refractivity contribution is -0.276. The number of aliphatic hydroxyl groups excluding tert-OH is 1. The van der Waals surface area contributed by atoms with Gasteiger partial charge >= 0.3 is 12.1 Å². The molecule has 7 rings (SSSR count). The second-order valence-corrected chi connectivity index (χ2v) is 13.4. The fourth-order valence-electron chi connectivity index (χ4n) is 7.16. The molecule has 270 valence electrons. The minimum absolute atomic E-state index is 0.0321. The minimum Gasteiger partial charge on any atom is -0.392 e. The molecule has 4 aromatic carbocycles. The van der Waals surface area contributed by atoms with Gasteiger partial charge in [0.25, 0.3) is 0 Å². The number of alkyl halides is 3. The van der Waals surface area contributed by atoms with Gasteiger partial charge in [-0.3, -0.25) is 9.59 Å². The molecule has 5 atom stereocenters. The zero-order valence-electron chi connectivity index (χ0n) is 28.5. The summed E-state index contributed by atoms with van der Waals surface area (Å²) in [5, 5.41) is 12.3. The van der Waals surface area contributed by atoms with E-state index in [2.05, 4.69) is 21.8 Å². The zero-order valence-corrected chi connectivity index (χ0v) is 28.5. The molecule has 2 aliphatic heterocycles. The molecule has 1 aromatic heterocycles. The number of fused-ring (bicyclic) bond motifs is 1. The number of carbonyl (C=O) groups is 2. The molecule has 2 saturated heterocycles. The highest BCUT2D eigenvalue weighted by atomic mass is 19.4. The van der Waals surface area contributed by atoms with Gasteiger partial charge in [-0.05, 0) is 64.9 Å². The van der Waals surface area contributed by atoms with E-state index in [4.69, 9.17) is 9.47 Å². The first-order chi connectivity index (χ1) is 25.1. The molecule has 0 bridgehead atoms. The predicted molar refractivity (Wildman–Crippen MR) is 187 cm³/mol. The van der Waals surface area contributed by atoms with Crippen molar-refractivity contribution >= 4 is 22.8 Å². The molecule has 0 radical (unpaired) electrons. The molecule has 2 aliphatic rings. The smallest absolute Gasteiger partial charge is 0.392 e. The molecule has 5 aromatic rings. The lowest BCUT2D eigenvalue weighted by atomic mass is 9.90. The fourth-order valence-corrected chi connectivity index (χ4v) is 7.16. The third-order valence-corrected chi connectivity index (χ3v) is 9.97. The number of likely N-dealkylation sites (tertiary alicyclic amines) is 1. The largest absolute Gasteiger partial charge is 0.471 e. The molecule has 0 saturated carbocycles. The van der Waals surface area contributed by atoms with Gasteiger partial charge in [0.2, 0.25) is 5.91 Å². The van der Waals surface area contributed by atoms with Crippen molar-refractivity contribution in [2.75, 3.05) is 6.54 Å². The van der Waals surface area contributed by atoms with Crippen molar-refractivity contribution in [2.45, 2.75) is 70.2 Å². The number of hydrogen-bond acceptors (Lipinski definition) is 6. The number of amides is 2. The highest BCUT2D eigenvalue weighted by Gasteiger charge is 2.47. The van der Waals surface area contributed by atoms with Crippen LogP contribution in [0.3, 0.4) is 0 Å². The van der Waals surface area contributed by atoms with Gasteiger partial charge in [-0.1, -0.05) is 79.7 Å². The van der Waals surface area contributed by atoms with E-state index in [0.29, 0.717) is 17.9 Å². The maximum absolute atomic E-state index is 13.1. The van der Waals surface area contributed by atoms with E-state index >= 15 is 0 Å². The molecule has 12 heteroatoms. The average Bonchev–Trinajstić information content (AvgIpc) is 3.82. The van der Waals surface area contributed by atoms with Gasteiger partial charge in [0.1, 0.15) is 6.04 Å². The van der Waals surface area contributed by atoms with Gasteiger partial charge in [-0.25, -0.2) is 4.98 Å². The summed E-state index contributed by atoms with van der Waals surface area (Å²) in [6, 6.07) is 30.0. The number of aromatic nitrogens is 2. The number of halogens is 3. The topological polar surface area (TPSA) is 106 Å². The van der Waals surface area contributed by atoms with E-state index in [1.54, 1.807) is 0 Å². The van der Waals surface area contributed by atoms with Gasteiger partial charge in [0.05, 0.1) is 42.7 Å². The number of aliphatic hydroxyl groups is 1. The Bertz CT molecular complexity index is 2050. The summed E-state index contributed by atoms with van der Waals surface area (Å²) in [6.45, 7) is 2.61. The number of imidazole rings is 1. The van der Waals surface area contributed by atoms with Crippen LogP contribution in [-0.4, -0.2) is 56.2 Å². The molecule has 0 spiro atoms. The second-order valence-electron chi connectivity index (χ2n) is 13.4. The molecule has 2 fully saturated rings. The van der Waals surface area contributed by atoms with Crippen LogP contribution in [0, 0.1) is 5.92 Å². The molecule has 5 unspecified atom stereocenters. The molecule has 3 heterocycles. The van der Waals surface area contributed by atoms with Crippen molar-refractivity contribution < 1.29 is 37.3 Å². The standard InChI is InChI=1S/C40H39F3N4O5/c1-25-35(22-46-24-45-32-11-2-3-12-33(32)46)51-38(52-36(25)28-16-14-26(23-48)15-17-28)31-10-5-9-30(20-31)29-8-4-7-27(19-29)21-44-37(49)34-13-6-18-47(34)39(50)40(41,42)43/h2-5,7-12,14-17,19-20,24-25,34-36,38,48H,6,13,18,21-23H2,1H3,(H,44,49). The van der Waals surface area contributed by atoms with Crippen molar-refractivity contribution in [1.82, 2.24) is 19.8 Å². The number of hydrogen-bond donors (Lipinski definition) is 2. The first kappa shape index (κ1) is 35.4. The Hall–Kier alpha value is -5.04. The molecule has 52 heavy (non-hydrogen) atoms. The third-order valence-electron chi connectivity index (χ3n) is 9.97. The Labute approximate surface area is 299 Å². The van der Waals surface area contributed by atoms with Crippen molar-refractivity contribution in [3.63, 3.8) is 0 Å². The molecule has 9 nitrogen and oxygen atoms in total. The maximum atomic E-state index is 13.1. The molecular formula is C40H39F3N4O5. The van der Waals surface area contributed by atoms with Gasteiger partial charge in [0.15, 0.2) is 6.29 Å². The molecule has 0 aliphatic carbocycles. The molecule has 2 N–H and O–H groups in total. The Balaban J connectivity index is 1.10. The summed E-state index contributed by atoms with van der Waals surface area (Å²) in [7, 11) is 0. The van der Waals surface area contributed by atoms with Crippen LogP contribution < -0.4 is 5.32 Å². The highest BCUT2D eigenvalue weighted by Crippen LogP contribution is 2.43. The molecule has 2 amide bonds. The number of nitrogens with one attached hydrogen (secondary N) is 1. The van der Waals surface area contributed by atoms with Gasteiger partial charge < -0.3 is 29.4 Å². The van der Waals surface area contributed by atoms with Crippen LogP contribution in [0.1, 0.15) is 54.4 Å². The lowest BCUT2D eigenvalue weighted by Gasteiger charge is -2.41. The van der Waals surface area contributed by atoms with Gasteiger partial charge in [-0.2, -0.15) is 13.2 Å². The Morgan fingerprint density at radius 2 is 1.65 bits per heavy atom. The fraction of sp³-hybridized carbons (Fsp3) is 0.325. The van der Waals surface area contributed by atoms with Crippen LogP contribution in [-0.2, 0) is 38.8 Å². The number of nitrogens with zero attached hydrogens (tertiary/aromatic N) is 3. The van der Waals surface area contributed by atoms with Crippen molar-refractivity contribution in [3.05, 3.63) is 126 Å². The summed E-state index contributed by atoms with van der Waals surface area (Å²) in [4.78, 5) is 29.9. The highest BCUT2D eigenvalue weighted by molar-refractivity contribution is 5.90.